The van der Waals surface area contributed by atoms with Gasteiger partial charge < -0.3 is 14.8 Å². The number of carbonyl (C=O) groups is 1. The number of hydrogen-bond donors (Lipinski definition) is 1. The van der Waals surface area contributed by atoms with E-state index in [1.165, 1.54) is 11.1 Å². The Balaban J connectivity index is 1.66. The van der Waals surface area contributed by atoms with Gasteiger partial charge in [0.05, 0.1) is 6.04 Å². The lowest BCUT2D eigenvalue weighted by Gasteiger charge is -2.17. The van der Waals surface area contributed by atoms with E-state index in [9.17, 15) is 4.79 Å². The predicted molar refractivity (Wildman–Crippen MR) is 98.7 cm³/mol. The molecule has 130 valence electrons. The van der Waals surface area contributed by atoms with Crippen molar-refractivity contribution in [2.75, 3.05) is 6.79 Å². The lowest BCUT2D eigenvalue weighted by molar-refractivity contribution is -0.117. The second kappa shape index (κ2) is 7.43. The third-order valence-electron chi connectivity index (χ3n) is 4.48. The topological polar surface area (TPSA) is 47.6 Å². The first-order valence-electron chi connectivity index (χ1n) is 8.52. The van der Waals surface area contributed by atoms with E-state index >= 15 is 0 Å². The lowest BCUT2D eigenvalue weighted by Crippen LogP contribution is -2.26. The molecular formula is C21H23NO3. The zero-order valence-electron chi connectivity index (χ0n) is 14.8. The number of nitrogens with one attached hydrogen (secondary N) is 1. The quantitative estimate of drug-likeness (QED) is 0.827. The molecule has 1 aliphatic rings. The summed E-state index contributed by atoms with van der Waals surface area (Å²) >= 11 is 0. The summed E-state index contributed by atoms with van der Waals surface area (Å²) in [5, 5.41) is 3.07. The number of amides is 1. The van der Waals surface area contributed by atoms with Crippen molar-refractivity contribution in [3.63, 3.8) is 0 Å². The fourth-order valence-electron chi connectivity index (χ4n) is 2.81. The number of benzene rings is 2. The maximum Gasteiger partial charge on any atom is 0.244 e. The minimum absolute atomic E-state index is 0.00760. The molecule has 1 heterocycles. The van der Waals surface area contributed by atoms with Crippen LogP contribution in [0.5, 0.6) is 11.5 Å². The van der Waals surface area contributed by atoms with Crippen molar-refractivity contribution in [1.82, 2.24) is 5.32 Å². The first-order chi connectivity index (χ1) is 12.1. The third-order valence-corrected chi connectivity index (χ3v) is 4.48. The lowest BCUT2D eigenvalue weighted by atomic mass is 9.99. The van der Waals surface area contributed by atoms with Gasteiger partial charge in [-0.05, 0) is 60.7 Å². The van der Waals surface area contributed by atoms with Crippen LogP contribution in [-0.4, -0.2) is 12.7 Å². The van der Waals surface area contributed by atoms with E-state index in [4.69, 9.17) is 9.47 Å². The van der Waals surface area contributed by atoms with Gasteiger partial charge in [0.25, 0.3) is 0 Å². The molecule has 1 amide bonds. The number of hydrogen-bond acceptors (Lipinski definition) is 3. The van der Waals surface area contributed by atoms with Crippen LogP contribution in [0, 0.1) is 13.8 Å². The number of aryl methyl sites for hydroxylation is 2. The highest BCUT2D eigenvalue weighted by atomic mass is 16.7. The van der Waals surface area contributed by atoms with E-state index in [0.29, 0.717) is 5.75 Å². The van der Waals surface area contributed by atoms with E-state index in [2.05, 4.69) is 44.3 Å². The van der Waals surface area contributed by atoms with Gasteiger partial charge in [-0.3, -0.25) is 4.79 Å². The highest BCUT2D eigenvalue weighted by molar-refractivity contribution is 5.92. The second-order valence-electron chi connectivity index (χ2n) is 6.26. The fraction of sp³-hybridized carbons (Fsp3) is 0.286. The average Bonchev–Trinajstić information content (AvgIpc) is 3.08. The molecule has 25 heavy (non-hydrogen) atoms. The van der Waals surface area contributed by atoms with Crippen LogP contribution < -0.4 is 14.8 Å². The van der Waals surface area contributed by atoms with Gasteiger partial charge >= 0.3 is 0 Å². The molecule has 2 aromatic rings. The van der Waals surface area contributed by atoms with E-state index in [-0.39, 0.29) is 18.7 Å². The molecule has 0 aliphatic carbocycles. The van der Waals surface area contributed by atoms with E-state index in [0.717, 1.165) is 23.3 Å². The molecule has 4 heteroatoms. The summed E-state index contributed by atoms with van der Waals surface area (Å²) in [5.74, 6) is 1.34. The van der Waals surface area contributed by atoms with Crippen LogP contribution in [0.4, 0.5) is 0 Å². The molecule has 0 bridgehead atoms. The van der Waals surface area contributed by atoms with Crippen molar-refractivity contribution >= 4 is 12.0 Å². The number of rotatable bonds is 5. The molecule has 3 rings (SSSR count). The summed E-state index contributed by atoms with van der Waals surface area (Å²) in [6.07, 6.45) is 4.18. The molecular weight excluding hydrogens is 314 g/mol. The minimum atomic E-state index is -0.109. The van der Waals surface area contributed by atoms with Gasteiger partial charge in [-0.1, -0.05) is 31.2 Å². The Hall–Kier alpha value is -2.75. The molecule has 0 spiro atoms. The SMILES string of the molecule is CC[C@@H](NC(=O)/C=C/c1ccc2c(c1)OCO2)c1ccc(C)c(C)c1. The third kappa shape index (κ3) is 4.02. The first-order valence-corrected chi connectivity index (χ1v) is 8.52. The van der Waals surface area contributed by atoms with Crippen LogP contribution in [-0.2, 0) is 4.79 Å². The summed E-state index contributed by atoms with van der Waals surface area (Å²) in [5.41, 5.74) is 4.53. The summed E-state index contributed by atoms with van der Waals surface area (Å²) in [6.45, 7) is 6.50. The molecule has 0 radical (unpaired) electrons. The Bertz CT molecular complexity index is 811. The second-order valence-corrected chi connectivity index (χ2v) is 6.26. The molecule has 0 saturated carbocycles. The Labute approximate surface area is 148 Å². The monoisotopic (exact) mass is 337 g/mol. The number of ether oxygens (including phenoxy) is 2. The van der Waals surface area contributed by atoms with Gasteiger partial charge in [0, 0.05) is 6.08 Å². The number of fused-ring (bicyclic) bond motifs is 1. The molecule has 0 saturated heterocycles. The molecule has 0 aromatic heterocycles. The van der Waals surface area contributed by atoms with Gasteiger partial charge in [0.2, 0.25) is 12.7 Å². The molecule has 4 nitrogen and oxygen atoms in total. The largest absolute Gasteiger partial charge is 0.454 e. The molecule has 1 atom stereocenters. The number of carbonyl (C=O) groups excluding carboxylic acids is 1. The van der Waals surface area contributed by atoms with Crippen molar-refractivity contribution in [2.24, 2.45) is 0 Å². The normalized spacial score (nSPS) is 13.9. The highest BCUT2D eigenvalue weighted by Crippen LogP contribution is 2.32. The summed E-state index contributed by atoms with van der Waals surface area (Å²) in [4.78, 5) is 12.3. The van der Waals surface area contributed by atoms with Gasteiger partial charge in [-0.2, -0.15) is 0 Å². The molecule has 1 N–H and O–H groups in total. The van der Waals surface area contributed by atoms with Crippen LogP contribution in [0.1, 0.15) is 41.6 Å². The van der Waals surface area contributed by atoms with Crippen LogP contribution in [0.3, 0.4) is 0 Å². The summed E-state index contributed by atoms with van der Waals surface area (Å²) in [7, 11) is 0. The van der Waals surface area contributed by atoms with Crippen molar-refractivity contribution < 1.29 is 14.3 Å². The van der Waals surface area contributed by atoms with Crippen LogP contribution in [0.2, 0.25) is 0 Å². The van der Waals surface area contributed by atoms with Crippen LogP contribution in [0.15, 0.2) is 42.5 Å². The van der Waals surface area contributed by atoms with E-state index < -0.39 is 0 Å². The zero-order chi connectivity index (χ0) is 17.8. The van der Waals surface area contributed by atoms with Crippen LogP contribution >= 0.6 is 0 Å². The highest BCUT2D eigenvalue weighted by Gasteiger charge is 2.13. The van der Waals surface area contributed by atoms with Gasteiger partial charge in [0.15, 0.2) is 11.5 Å². The van der Waals surface area contributed by atoms with Gasteiger partial charge in [0.1, 0.15) is 0 Å². The van der Waals surface area contributed by atoms with Crippen LogP contribution in [0.25, 0.3) is 6.08 Å². The molecule has 0 unspecified atom stereocenters. The molecule has 0 fully saturated rings. The predicted octanol–water partition coefficient (Wildman–Crippen LogP) is 4.31. The summed E-state index contributed by atoms with van der Waals surface area (Å²) in [6, 6.07) is 12.0. The van der Waals surface area contributed by atoms with Crippen molar-refractivity contribution in [3.05, 3.63) is 64.7 Å². The Morgan fingerprint density at radius 1 is 1.12 bits per heavy atom. The summed E-state index contributed by atoms with van der Waals surface area (Å²) < 4.78 is 10.6. The standard InChI is InChI=1S/C21H23NO3/c1-4-18(17-8-5-14(2)15(3)11-17)22-21(23)10-7-16-6-9-19-20(12-16)25-13-24-19/h5-12,18H,4,13H2,1-3H3,(H,22,23)/b10-7+/t18-/m1/s1. The maximum atomic E-state index is 12.3. The van der Waals surface area contributed by atoms with Gasteiger partial charge in [-0.25, -0.2) is 0 Å². The fourth-order valence-corrected chi connectivity index (χ4v) is 2.81. The maximum absolute atomic E-state index is 12.3. The van der Waals surface area contributed by atoms with Crippen molar-refractivity contribution in [3.8, 4) is 11.5 Å². The van der Waals surface area contributed by atoms with Crippen molar-refractivity contribution in [2.45, 2.75) is 33.2 Å². The van der Waals surface area contributed by atoms with Crippen molar-refractivity contribution in [1.29, 1.82) is 0 Å². The van der Waals surface area contributed by atoms with E-state index in [1.807, 2.05) is 18.2 Å². The zero-order valence-corrected chi connectivity index (χ0v) is 14.8. The first kappa shape index (κ1) is 17.1. The Morgan fingerprint density at radius 3 is 2.68 bits per heavy atom. The molecule has 2 aromatic carbocycles. The smallest absolute Gasteiger partial charge is 0.244 e. The Kier molecular flexibility index (Phi) is 5.08. The Morgan fingerprint density at radius 2 is 1.92 bits per heavy atom. The average molecular weight is 337 g/mol. The van der Waals surface area contributed by atoms with Gasteiger partial charge in [-0.15, -0.1) is 0 Å². The van der Waals surface area contributed by atoms with E-state index in [1.54, 1.807) is 12.2 Å². The minimum Gasteiger partial charge on any atom is -0.454 e. The molecule has 1 aliphatic heterocycles.